The minimum atomic E-state index is -0.937. The second kappa shape index (κ2) is 8.42. The Morgan fingerprint density at radius 1 is 1.13 bits per heavy atom. The first-order valence-electron chi connectivity index (χ1n) is 14.6. The maximum absolute atomic E-state index is 13.3. The molecule has 5 atom stereocenters. The van der Waals surface area contributed by atoms with Gasteiger partial charge < -0.3 is 20.3 Å². The van der Waals surface area contributed by atoms with E-state index in [2.05, 4.69) is 27.3 Å². The monoisotopic (exact) mass is 525 g/mol. The lowest BCUT2D eigenvalue weighted by molar-refractivity contribution is -0.192. The molecule has 3 N–H and O–H groups in total. The molecule has 0 radical (unpaired) electrons. The molecule has 3 aliphatic carbocycles. The highest BCUT2D eigenvalue weighted by atomic mass is 16.5. The molecule has 1 aromatic heterocycles. The third-order valence-corrected chi connectivity index (χ3v) is 10.4. The lowest BCUT2D eigenvalue weighted by atomic mass is 9.48. The smallest absolute Gasteiger partial charge is 0.220 e. The van der Waals surface area contributed by atoms with Gasteiger partial charge in [-0.05, 0) is 80.5 Å². The van der Waals surface area contributed by atoms with Gasteiger partial charge in [-0.25, -0.2) is 0 Å². The number of benzene rings is 2. The Labute approximate surface area is 228 Å². The number of aryl methyl sites for hydroxylation is 1. The van der Waals surface area contributed by atoms with Crippen LogP contribution in [0.2, 0.25) is 0 Å². The number of hydrogen-bond acceptors (Lipinski definition) is 6. The van der Waals surface area contributed by atoms with E-state index in [1.165, 1.54) is 18.4 Å². The maximum atomic E-state index is 13.3. The summed E-state index contributed by atoms with van der Waals surface area (Å²) in [5, 5.41) is 28.9. The molecule has 3 heterocycles. The van der Waals surface area contributed by atoms with Gasteiger partial charge in [-0.15, -0.1) is 0 Å². The van der Waals surface area contributed by atoms with Gasteiger partial charge in [0.1, 0.15) is 6.10 Å². The van der Waals surface area contributed by atoms with E-state index in [9.17, 15) is 15.0 Å². The van der Waals surface area contributed by atoms with Crippen LogP contribution in [-0.4, -0.2) is 62.9 Å². The van der Waals surface area contributed by atoms with Crippen LogP contribution in [0.5, 0.6) is 11.5 Å². The molecule has 202 valence electrons. The number of rotatable bonds is 6. The Hall–Kier alpha value is -3.16. The number of nitrogens with one attached hydrogen (secondary N) is 1. The summed E-state index contributed by atoms with van der Waals surface area (Å²) in [5.41, 5.74) is 1.52. The fourth-order valence-corrected chi connectivity index (χ4v) is 8.42. The molecular weight excluding hydrogens is 490 g/mol. The predicted octanol–water partition coefficient (Wildman–Crippen LogP) is 3.62. The number of nitrogens with zero attached hydrogens (tertiary/aromatic N) is 2. The molecule has 5 aliphatic rings. The SMILES string of the molecule is O=C(CCc1cc2ccccc2cn1)N[C@H]1CC[C@@]2(O)[C@H]3Cc4ccc(O)c5c4[C@@]2(CCN3CC2CC2)[C@H]1O5. The van der Waals surface area contributed by atoms with Crippen LogP contribution in [0.25, 0.3) is 10.8 Å². The van der Waals surface area contributed by atoms with Gasteiger partial charge in [0.2, 0.25) is 5.91 Å². The van der Waals surface area contributed by atoms with E-state index in [0.29, 0.717) is 31.4 Å². The molecule has 3 aromatic rings. The third kappa shape index (κ3) is 3.42. The zero-order valence-corrected chi connectivity index (χ0v) is 22.1. The maximum Gasteiger partial charge on any atom is 0.220 e. The molecule has 7 heteroatoms. The third-order valence-electron chi connectivity index (χ3n) is 10.4. The van der Waals surface area contributed by atoms with Crippen molar-refractivity contribution in [3.63, 3.8) is 0 Å². The second-order valence-electron chi connectivity index (χ2n) is 12.5. The van der Waals surface area contributed by atoms with Crippen molar-refractivity contribution >= 4 is 16.7 Å². The summed E-state index contributed by atoms with van der Waals surface area (Å²) >= 11 is 0. The van der Waals surface area contributed by atoms with Gasteiger partial charge >= 0.3 is 0 Å². The van der Waals surface area contributed by atoms with E-state index in [1.54, 1.807) is 6.07 Å². The van der Waals surface area contributed by atoms with Gasteiger partial charge in [0.05, 0.1) is 17.1 Å². The number of phenols is 1. The number of carbonyl (C=O) groups excluding carboxylic acids is 1. The van der Waals surface area contributed by atoms with Crippen molar-refractivity contribution in [1.29, 1.82) is 0 Å². The number of amides is 1. The highest BCUT2D eigenvalue weighted by Gasteiger charge is 2.73. The first kappa shape index (κ1) is 23.7. The molecule has 39 heavy (non-hydrogen) atoms. The van der Waals surface area contributed by atoms with Crippen LogP contribution in [0.3, 0.4) is 0 Å². The standard InChI is InChI=1S/C32H35N3O4/c36-25-9-7-21-16-26-32(38)12-11-24(34-27(37)10-8-23-15-20-3-1-2-4-22(20)17-33-23)30-31(32,28(21)29(25)39-30)13-14-35(26)18-19-5-6-19/h1-4,7,9,15,17,19,24,26,30,36,38H,5-6,8,10-14,16,18H2,(H,34,37)/t24-,26+,30-,31-,32+/m0/s1. The van der Waals surface area contributed by atoms with Gasteiger partial charge in [-0.3, -0.25) is 14.7 Å². The number of aromatic nitrogens is 1. The van der Waals surface area contributed by atoms with Crippen LogP contribution < -0.4 is 10.1 Å². The van der Waals surface area contributed by atoms with E-state index in [1.807, 2.05) is 30.5 Å². The quantitative estimate of drug-likeness (QED) is 0.455. The average molecular weight is 526 g/mol. The minimum absolute atomic E-state index is 0.0284. The van der Waals surface area contributed by atoms with Gasteiger partial charge in [0, 0.05) is 41.8 Å². The van der Waals surface area contributed by atoms with Crippen LogP contribution in [0.15, 0.2) is 48.7 Å². The molecule has 8 rings (SSSR count). The topological polar surface area (TPSA) is 94.9 Å². The minimum Gasteiger partial charge on any atom is -0.504 e. The van der Waals surface area contributed by atoms with E-state index < -0.39 is 17.1 Å². The molecule has 1 saturated heterocycles. The molecule has 1 spiro atoms. The normalized spacial score (nSPS) is 32.5. The number of likely N-dealkylation sites (tertiary alicyclic amines) is 1. The number of ether oxygens (including phenoxy) is 1. The Bertz CT molecular complexity index is 1490. The number of hydrogen-bond donors (Lipinski definition) is 3. The van der Waals surface area contributed by atoms with Gasteiger partial charge in [-0.2, -0.15) is 0 Å². The number of carbonyl (C=O) groups is 1. The van der Waals surface area contributed by atoms with E-state index in [0.717, 1.165) is 53.9 Å². The lowest BCUT2D eigenvalue weighted by Gasteiger charge is -2.64. The molecule has 3 fully saturated rings. The number of aromatic hydroxyl groups is 1. The summed E-state index contributed by atoms with van der Waals surface area (Å²) < 4.78 is 6.57. The highest BCUT2D eigenvalue weighted by molar-refractivity contribution is 5.82. The van der Waals surface area contributed by atoms with Gasteiger partial charge in [0.25, 0.3) is 0 Å². The largest absolute Gasteiger partial charge is 0.504 e. The van der Waals surface area contributed by atoms with Gasteiger partial charge in [0.15, 0.2) is 11.5 Å². The molecule has 2 saturated carbocycles. The molecule has 0 unspecified atom stereocenters. The van der Waals surface area contributed by atoms with Crippen molar-refractivity contribution in [1.82, 2.24) is 15.2 Å². The molecule has 2 aromatic carbocycles. The number of phenolic OH excluding ortho intramolecular Hbond substituents is 1. The zero-order valence-electron chi connectivity index (χ0n) is 22.1. The van der Waals surface area contributed by atoms with Crippen LogP contribution in [0.4, 0.5) is 0 Å². The molecule has 2 aliphatic heterocycles. The van der Waals surface area contributed by atoms with Crippen molar-refractivity contribution in [2.24, 2.45) is 5.92 Å². The number of fused-ring (bicyclic) bond motifs is 1. The van der Waals surface area contributed by atoms with Crippen LogP contribution in [-0.2, 0) is 23.1 Å². The Morgan fingerprint density at radius 2 is 1.97 bits per heavy atom. The van der Waals surface area contributed by atoms with Crippen LogP contribution >= 0.6 is 0 Å². The Kier molecular flexibility index (Phi) is 5.12. The summed E-state index contributed by atoms with van der Waals surface area (Å²) in [6.07, 6.45) is 7.77. The van der Waals surface area contributed by atoms with E-state index in [4.69, 9.17) is 4.74 Å². The molecular formula is C32H35N3O4. The molecule has 7 nitrogen and oxygen atoms in total. The summed E-state index contributed by atoms with van der Waals surface area (Å²) in [6, 6.07) is 13.7. The fraction of sp³-hybridized carbons (Fsp3) is 0.500. The van der Waals surface area contributed by atoms with Gasteiger partial charge in [-0.1, -0.05) is 30.3 Å². The summed E-state index contributed by atoms with van der Waals surface area (Å²) in [5.74, 6) is 1.37. The van der Waals surface area contributed by atoms with Crippen molar-refractivity contribution < 1.29 is 19.7 Å². The summed E-state index contributed by atoms with van der Waals surface area (Å²) in [7, 11) is 0. The number of pyridine rings is 1. The number of aliphatic hydroxyl groups is 1. The van der Waals surface area contributed by atoms with E-state index in [-0.39, 0.29) is 23.7 Å². The number of piperidine rings is 1. The lowest BCUT2D eigenvalue weighted by Crippen LogP contribution is -2.78. The predicted molar refractivity (Wildman–Crippen MR) is 147 cm³/mol. The molecule has 1 amide bonds. The van der Waals surface area contributed by atoms with Crippen molar-refractivity contribution in [3.05, 3.63) is 65.5 Å². The summed E-state index contributed by atoms with van der Waals surface area (Å²) in [4.78, 5) is 20.3. The van der Waals surface area contributed by atoms with E-state index >= 15 is 0 Å². The van der Waals surface area contributed by atoms with Crippen molar-refractivity contribution in [2.45, 2.75) is 80.6 Å². The average Bonchev–Trinajstić information content (AvgIpc) is 3.68. The Balaban J connectivity index is 1.06. The second-order valence-corrected chi connectivity index (χ2v) is 12.5. The van der Waals surface area contributed by atoms with Crippen LogP contribution in [0.1, 0.15) is 55.3 Å². The Morgan fingerprint density at radius 3 is 2.82 bits per heavy atom. The van der Waals surface area contributed by atoms with Crippen molar-refractivity contribution in [3.8, 4) is 11.5 Å². The molecule has 2 bridgehead atoms. The van der Waals surface area contributed by atoms with Crippen molar-refractivity contribution in [2.75, 3.05) is 13.1 Å². The zero-order chi connectivity index (χ0) is 26.4. The summed E-state index contributed by atoms with van der Waals surface area (Å²) in [6.45, 7) is 1.96. The van der Waals surface area contributed by atoms with Crippen LogP contribution in [0, 0.1) is 5.92 Å². The first-order chi connectivity index (χ1) is 19.0. The highest BCUT2D eigenvalue weighted by Crippen LogP contribution is 2.65. The first-order valence-corrected chi connectivity index (χ1v) is 14.6. The fourth-order valence-electron chi connectivity index (χ4n) is 8.42.